The van der Waals surface area contributed by atoms with Crippen LogP contribution in [0.1, 0.15) is 30.1 Å². The van der Waals surface area contributed by atoms with Crippen LogP contribution in [-0.2, 0) is 16.0 Å². The Morgan fingerprint density at radius 3 is 3.15 bits per heavy atom. The average Bonchev–Trinajstić information content (AvgIpc) is 2.45. The molecule has 110 valence electrons. The maximum atomic E-state index is 11.5. The monoisotopic (exact) mass is 279 g/mol. The van der Waals surface area contributed by atoms with Crippen LogP contribution in [0.2, 0.25) is 0 Å². The first-order chi connectivity index (χ1) is 9.70. The average molecular weight is 279 g/mol. The van der Waals surface area contributed by atoms with Gasteiger partial charge in [-0.2, -0.15) is 0 Å². The number of nitrogens with one attached hydrogen (secondary N) is 1. The molecule has 0 bridgehead atoms. The number of ether oxygens (including phenoxy) is 2. The summed E-state index contributed by atoms with van der Waals surface area (Å²) in [6, 6.07) is 5.60. The van der Waals surface area contributed by atoms with Crippen molar-refractivity contribution in [1.82, 2.24) is 5.32 Å². The van der Waals surface area contributed by atoms with Crippen molar-refractivity contribution in [2.75, 3.05) is 26.9 Å². The molecule has 0 saturated carbocycles. The lowest BCUT2D eigenvalue weighted by Gasteiger charge is -2.21. The van der Waals surface area contributed by atoms with E-state index in [0.717, 1.165) is 30.4 Å². The minimum atomic E-state index is -0.370. The summed E-state index contributed by atoms with van der Waals surface area (Å²) in [7, 11) is 1.59. The summed E-state index contributed by atoms with van der Waals surface area (Å²) >= 11 is 0. The van der Waals surface area contributed by atoms with E-state index in [1.54, 1.807) is 13.2 Å². The van der Waals surface area contributed by atoms with E-state index in [4.69, 9.17) is 9.47 Å². The number of methoxy groups -OCH3 is 1. The number of hydrogen-bond donors (Lipinski definition) is 2. The third-order valence-electron chi connectivity index (χ3n) is 3.40. The summed E-state index contributed by atoms with van der Waals surface area (Å²) in [6.45, 7) is 0.961. The van der Waals surface area contributed by atoms with Crippen molar-refractivity contribution < 1.29 is 19.4 Å². The first kappa shape index (κ1) is 14.8. The van der Waals surface area contributed by atoms with Gasteiger partial charge in [0.2, 0.25) is 0 Å². The van der Waals surface area contributed by atoms with Crippen molar-refractivity contribution in [1.29, 1.82) is 0 Å². The van der Waals surface area contributed by atoms with E-state index in [1.807, 2.05) is 12.1 Å². The van der Waals surface area contributed by atoms with Gasteiger partial charge in [-0.3, -0.25) is 4.79 Å². The molecule has 1 aromatic carbocycles. The third-order valence-corrected chi connectivity index (χ3v) is 3.40. The lowest BCUT2D eigenvalue weighted by atomic mass is 9.89. The number of fused-ring (bicyclic) bond motifs is 1. The van der Waals surface area contributed by atoms with E-state index in [1.165, 1.54) is 0 Å². The normalized spacial score (nSPS) is 17.4. The largest absolute Gasteiger partial charge is 0.484 e. The fraction of sp³-hybridized carbons (Fsp3) is 0.533. The second-order valence-corrected chi connectivity index (χ2v) is 4.90. The summed E-state index contributed by atoms with van der Waals surface area (Å²) in [5.41, 5.74) is 2.09. The minimum absolute atomic E-state index is 0.00887. The number of hydrogen-bond acceptors (Lipinski definition) is 4. The Morgan fingerprint density at radius 2 is 2.35 bits per heavy atom. The van der Waals surface area contributed by atoms with Crippen LogP contribution < -0.4 is 10.1 Å². The Labute approximate surface area is 118 Å². The first-order valence-electron chi connectivity index (χ1n) is 6.90. The van der Waals surface area contributed by atoms with Crippen molar-refractivity contribution in [3.63, 3.8) is 0 Å². The van der Waals surface area contributed by atoms with E-state index in [0.29, 0.717) is 18.9 Å². The van der Waals surface area contributed by atoms with E-state index in [-0.39, 0.29) is 18.6 Å². The number of aryl methyl sites for hydroxylation is 1. The molecule has 1 aliphatic rings. The predicted octanol–water partition coefficient (Wildman–Crippen LogP) is 1.20. The van der Waals surface area contributed by atoms with Gasteiger partial charge in [0.1, 0.15) is 5.75 Å². The Kier molecular flexibility index (Phi) is 5.38. The Hall–Kier alpha value is -1.59. The van der Waals surface area contributed by atoms with E-state index in [2.05, 4.69) is 5.32 Å². The summed E-state index contributed by atoms with van der Waals surface area (Å²) in [5, 5.41) is 12.6. The topological polar surface area (TPSA) is 67.8 Å². The summed E-state index contributed by atoms with van der Waals surface area (Å²) < 4.78 is 10.3. The molecule has 0 aliphatic heterocycles. The highest BCUT2D eigenvalue weighted by molar-refractivity contribution is 5.77. The molecule has 0 heterocycles. The highest BCUT2D eigenvalue weighted by atomic mass is 16.5. The number of amides is 1. The van der Waals surface area contributed by atoms with Crippen molar-refractivity contribution in [3.05, 3.63) is 29.3 Å². The van der Waals surface area contributed by atoms with Crippen LogP contribution in [0.15, 0.2) is 18.2 Å². The lowest BCUT2D eigenvalue weighted by molar-refractivity contribution is -0.123. The molecule has 0 saturated heterocycles. The maximum Gasteiger partial charge on any atom is 0.258 e. The van der Waals surface area contributed by atoms with Crippen LogP contribution >= 0.6 is 0 Å². The van der Waals surface area contributed by atoms with Gasteiger partial charge in [0.15, 0.2) is 6.61 Å². The predicted molar refractivity (Wildman–Crippen MR) is 74.7 cm³/mol. The van der Waals surface area contributed by atoms with E-state index >= 15 is 0 Å². The molecule has 5 nitrogen and oxygen atoms in total. The summed E-state index contributed by atoms with van der Waals surface area (Å²) in [4.78, 5) is 11.5. The van der Waals surface area contributed by atoms with Crippen molar-refractivity contribution in [3.8, 4) is 5.75 Å². The standard InChI is InChI=1S/C15H21NO4/c1-19-8-7-16-15(18)10-20-12-5-6-13-11(9-12)3-2-4-14(13)17/h5-6,9,14,17H,2-4,7-8,10H2,1H3,(H,16,18). The van der Waals surface area contributed by atoms with Crippen LogP contribution in [-0.4, -0.2) is 37.9 Å². The van der Waals surface area contributed by atoms with Crippen molar-refractivity contribution in [2.45, 2.75) is 25.4 Å². The van der Waals surface area contributed by atoms with Crippen molar-refractivity contribution in [2.24, 2.45) is 0 Å². The van der Waals surface area contributed by atoms with Gasteiger partial charge in [0.25, 0.3) is 5.91 Å². The molecule has 1 aliphatic carbocycles. The Bertz CT molecular complexity index is 461. The number of carbonyl (C=O) groups is 1. The number of aliphatic hydroxyl groups excluding tert-OH is 1. The molecular formula is C15H21NO4. The number of benzene rings is 1. The second kappa shape index (κ2) is 7.26. The molecule has 1 aromatic rings. The highest BCUT2D eigenvalue weighted by Crippen LogP contribution is 2.31. The molecule has 0 radical (unpaired) electrons. The van der Waals surface area contributed by atoms with Gasteiger partial charge in [-0.1, -0.05) is 6.07 Å². The molecule has 20 heavy (non-hydrogen) atoms. The number of rotatable bonds is 6. The quantitative estimate of drug-likeness (QED) is 0.768. The zero-order valence-electron chi connectivity index (χ0n) is 11.7. The summed E-state index contributed by atoms with van der Waals surface area (Å²) in [6.07, 6.45) is 2.37. The highest BCUT2D eigenvalue weighted by Gasteiger charge is 2.18. The fourth-order valence-electron chi connectivity index (χ4n) is 2.35. The number of carbonyl (C=O) groups excluding carboxylic acids is 1. The number of aliphatic hydroxyl groups is 1. The third kappa shape index (κ3) is 3.95. The molecule has 0 spiro atoms. The van der Waals surface area contributed by atoms with Gasteiger partial charge in [0.05, 0.1) is 12.7 Å². The van der Waals surface area contributed by atoms with Gasteiger partial charge in [-0.25, -0.2) is 0 Å². The molecule has 0 fully saturated rings. The Morgan fingerprint density at radius 1 is 1.50 bits per heavy atom. The van der Waals surface area contributed by atoms with Crippen LogP contribution in [0.25, 0.3) is 0 Å². The van der Waals surface area contributed by atoms with Gasteiger partial charge in [-0.15, -0.1) is 0 Å². The SMILES string of the molecule is COCCNC(=O)COc1ccc2c(c1)CCCC2O. The molecule has 1 amide bonds. The lowest BCUT2D eigenvalue weighted by Crippen LogP contribution is -2.31. The molecule has 2 rings (SSSR count). The van der Waals surface area contributed by atoms with Gasteiger partial charge in [0, 0.05) is 13.7 Å². The van der Waals surface area contributed by atoms with E-state index in [9.17, 15) is 9.90 Å². The van der Waals surface area contributed by atoms with Gasteiger partial charge >= 0.3 is 0 Å². The molecule has 2 N–H and O–H groups in total. The molecule has 1 unspecified atom stereocenters. The zero-order chi connectivity index (χ0) is 14.4. The van der Waals surface area contributed by atoms with Crippen LogP contribution in [0.3, 0.4) is 0 Å². The summed E-state index contributed by atoms with van der Waals surface area (Å²) in [5.74, 6) is 0.500. The second-order valence-electron chi connectivity index (χ2n) is 4.90. The Balaban J connectivity index is 1.86. The minimum Gasteiger partial charge on any atom is -0.484 e. The van der Waals surface area contributed by atoms with Gasteiger partial charge in [-0.05, 0) is 42.5 Å². The van der Waals surface area contributed by atoms with Crippen LogP contribution in [0.4, 0.5) is 0 Å². The van der Waals surface area contributed by atoms with Crippen molar-refractivity contribution >= 4 is 5.91 Å². The van der Waals surface area contributed by atoms with Gasteiger partial charge < -0.3 is 19.9 Å². The smallest absolute Gasteiger partial charge is 0.258 e. The zero-order valence-corrected chi connectivity index (χ0v) is 11.7. The molecular weight excluding hydrogens is 258 g/mol. The molecule has 1 atom stereocenters. The van der Waals surface area contributed by atoms with E-state index < -0.39 is 0 Å². The molecule has 5 heteroatoms. The first-order valence-corrected chi connectivity index (χ1v) is 6.90. The maximum absolute atomic E-state index is 11.5. The van der Waals surface area contributed by atoms with Crippen LogP contribution in [0, 0.1) is 0 Å². The van der Waals surface area contributed by atoms with Crippen LogP contribution in [0.5, 0.6) is 5.75 Å². The molecule has 0 aromatic heterocycles. The fourth-order valence-corrected chi connectivity index (χ4v) is 2.35.